The van der Waals surface area contributed by atoms with Gasteiger partial charge in [-0.1, -0.05) is 37.8 Å². The molecule has 1 aromatic carbocycles. The number of carbonyl (C=O) groups is 1. The maximum Gasteiger partial charge on any atom is 0.330 e. The smallest absolute Gasteiger partial charge is 0.330 e. The summed E-state index contributed by atoms with van der Waals surface area (Å²) in [7, 11) is 0. The number of aromatic amines is 1. The van der Waals surface area contributed by atoms with Gasteiger partial charge in [-0.05, 0) is 37.5 Å². The SMILES string of the molecule is CCCCn1c(N)c(N(C(=O)COc2ccc(C#N)cc2Cl)C2CCCC2)c(=O)[nH]c1=O. The van der Waals surface area contributed by atoms with E-state index in [1.54, 1.807) is 0 Å². The lowest BCUT2D eigenvalue weighted by Crippen LogP contribution is -2.47. The van der Waals surface area contributed by atoms with Crippen molar-refractivity contribution in [2.24, 2.45) is 0 Å². The van der Waals surface area contributed by atoms with E-state index in [1.165, 1.54) is 27.7 Å². The third kappa shape index (κ3) is 4.97. The van der Waals surface area contributed by atoms with Crippen molar-refractivity contribution in [3.63, 3.8) is 0 Å². The zero-order chi connectivity index (χ0) is 23.3. The van der Waals surface area contributed by atoms with E-state index in [1.807, 2.05) is 13.0 Å². The Morgan fingerprint density at radius 2 is 2.09 bits per heavy atom. The first kappa shape index (κ1) is 23.4. The van der Waals surface area contributed by atoms with Crippen LogP contribution in [-0.2, 0) is 11.3 Å². The molecule has 0 aliphatic heterocycles. The summed E-state index contributed by atoms with van der Waals surface area (Å²) < 4.78 is 6.90. The van der Waals surface area contributed by atoms with Crippen molar-refractivity contribution in [3.05, 3.63) is 49.6 Å². The second-order valence-electron chi connectivity index (χ2n) is 7.75. The molecule has 1 fully saturated rings. The summed E-state index contributed by atoms with van der Waals surface area (Å²) in [5.74, 6) is -0.237. The van der Waals surface area contributed by atoms with Crippen molar-refractivity contribution in [2.75, 3.05) is 17.2 Å². The number of nitrogen functional groups attached to an aromatic ring is 1. The minimum atomic E-state index is -0.697. The first-order chi connectivity index (χ1) is 15.4. The number of nitriles is 1. The van der Waals surface area contributed by atoms with Crippen LogP contribution in [0.5, 0.6) is 5.75 Å². The zero-order valence-corrected chi connectivity index (χ0v) is 18.7. The highest BCUT2D eigenvalue weighted by molar-refractivity contribution is 6.32. The summed E-state index contributed by atoms with van der Waals surface area (Å²) in [6.07, 6.45) is 4.82. The number of anilines is 2. The number of H-pyrrole nitrogens is 1. The molecule has 170 valence electrons. The zero-order valence-electron chi connectivity index (χ0n) is 17.9. The van der Waals surface area contributed by atoms with Crippen LogP contribution in [0.4, 0.5) is 11.5 Å². The minimum Gasteiger partial charge on any atom is -0.482 e. The van der Waals surface area contributed by atoms with Gasteiger partial charge in [-0.25, -0.2) is 4.79 Å². The van der Waals surface area contributed by atoms with Crippen molar-refractivity contribution < 1.29 is 9.53 Å². The second-order valence-corrected chi connectivity index (χ2v) is 8.15. The van der Waals surface area contributed by atoms with Gasteiger partial charge in [0.15, 0.2) is 12.3 Å². The first-order valence-electron chi connectivity index (χ1n) is 10.6. The Labute approximate surface area is 190 Å². The van der Waals surface area contributed by atoms with Crippen LogP contribution in [0.3, 0.4) is 0 Å². The monoisotopic (exact) mass is 459 g/mol. The molecule has 32 heavy (non-hydrogen) atoms. The van der Waals surface area contributed by atoms with E-state index in [2.05, 4.69) is 4.98 Å². The average molecular weight is 460 g/mol. The number of nitrogens with two attached hydrogens (primary N) is 1. The molecule has 0 unspecified atom stereocenters. The van der Waals surface area contributed by atoms with Crippen LogP contribution in [0, 0.1) is 11.3 Å². The van der Waals surface area contributed by atoms with Gasteiger partial charge in [-0.2, -0.15) is 5.26 Å². The molecule has 0 bridgehead atoms. The van der Waals surface area contributed by atoms with E-state index in [0.29, 0.717) is 18.5 Å². The Balaban J connectivity index is 1.94. The van der Waals surface area contributed by atoms with Crippen LogP contribution >= 0.6 is 11.6 Å². The number of nitrogens with zero attached hydrogens (tertiary/aromatic N) is 3. The molecular formula is C22H26ClN5O4. The van der Waals surface area contributed by atoms with Gasteiger partial charge in [0.05, 0.1) is 16.7 Å². The van der Waals surface area contributed by atoms with Crippen LogP contribution in [0.25, 0.3) is 0 Å². The topological polar surface area (TPSA) is 134 Å². The van der Waals surface area contributed by atoms with Gasteiger partial charge in [0.1, 0.15) is 11.6 Å². The predicted molar refractivity (Wildman–Crippen MR) is 122 cm³/mol. The molecule has 3 rings (SSSR count). The third-order valence-electron chi connectivity index (χ3n) is 5.56. The van der Waals surface area contributed by atoms with E-state index < -0.39 is 17.2 Å². The Hall–Kier alpha value is -3.25. The van der Waals surface area contributed by atoms with Crippen molar-refractivity contribution >= 4 is 29.0 Å². The number of nitrogens with one attached hydrogen (secondary N) is 1. The largest absolute Gasteiger partial charge is 0.482 e. The standard InChI is InChI=1S/C22H26ClN5O4/c1-2-3-10-27-20(25)19(21(30)26-22(27)31)28(15-6-4-5-7-15)18(29)13-32-17-9-8-14(12-24)11-16(17)23/h8-9,11,15H,2-7,10,13,25H2,1H3,(H,26,30,31). The number of aromatic nitrogens is 2. The molecule has 1 aromatic heterocycles. The lowest BCUT2D eigenvalue weighted by atomic mass is 10.2. The fraction of sp³-hybridized carbons (Fsp3) is 0.455. The molecule has 1 saturated carbocycles. The van der Waals surface area contributed by atoms with E-state index in [-0.39, 0.29) is 34.9 Å². The predicted octanol–water partition coefficient (Wildman–Crippen LogP) is 2.80. The van der Waals surface area contributed by atoms with Crippen LogP contribution in [-0.4, -0.2) is 28.1 Å². The van der Waals surface area contributed by atoms with Gasteiger partial charge in [0.2, 0.25) is 0 Å². The van der Waals surface area contributed by atoms with Gasteiger partial charge >= 0.3 is 5.69 Å². The molecule has 0 radical (unpaired) electrons. The van der Waals surface area contributed by atoms with E-state index in [4.69, 9.17) is 27.3 Å². The summed E-state index contributed by atoms with van der Waals surface area (Å²) in [6.45, 7) is 1.94. The van der Waals surface area contributed by atoms with Crippen molar-refractivity contribution in [1.29, 1.82) is 5.26 Å². The molecule has 1 aliphatic carbocycles. The lowest BCUT2D eigenvalue weighted by molar-refractivity contribution is -0.121. The van der Waals surface area contributed by atoms with E-state index in [9.17, 15) is 14.4 Å². The van der Waals surface area contributed by atoms with Crippen LogP contribution in [0.2, 0.25) is 5.02 Å². The van der Waals surface area contributed by atoms with E-state index in [0.717, 1.165) is 32.1 Å². The maximum absolute atomic E-state index is 13.3. The Kier molecular flexibility index (Phi) is 7.59. The molecule has 0 saturated heterocycles. The quantitative estimate of drug-likeness (QED) is 0.623. The van der Waals surface area contributed by atoms with Gasteiger partial charge in [0.25, 0.3) is 11.5 Å². The first-order valence-corrected chi connectivity index (χ1v) is 11.0. The molecule has 1 heterocycles. The fourth-order valence-corrected chi connectivity index (χ4v) is 4.15. The Morgan fingerprint density at radius 1 is 1.38 bits per heavy atom. The number of hydrogen-bond donors (Lipinski definition) is 2. The number of halogens is 1. The van der Waals surface area contributed by atoms with Crippen LogP contribution < -0.4 is 26.6 Å². The Morgan fingerprint density at radius 3 is 2.72 bits per heavy atom. The highest BCUT2D eigenvalue weighted by Crippen LogP contribution is 2.30. The minimum absolute atomic E-state index is 0.0212. The van der Waals surface area contributed by atoms with E-state index >= 15 is 0 Å². The highest BCUT2D eigenvalue weighted by atomic mass is 35.5. The summed E-state index contributed by atoms with van der Waals surface area (Å²) in [5.41, 5.74) is 5.31. The molecule has 1 amide bonds. The molecule has 3 N–H and O–H groups in total. The summed E-state index contributed by atoms with van der Waals surface area (Å²) >= 11 is 6.14. The molecule has 0 atom stereocenters. The van der Waals surface area contributed by atoms with Crippen molar-refractivity contribution in [1.82, 2.24) is 9.55 Å². The molecule has 9 nitrogen and oxygen atoms in total. The maximum atomic E-state index is 13.3. The van der Waals surface area contributed by atoms with Gasteiger partial charge in [0, 0.05) is 12.6 Å². The number of ether oxygens (including phenoxy) is 1. The van der Waals surface area contributed by atoms with Gasteiger partial charge in [-0.3, -0.25) is 24.0 Å². The summed E-state index contributed by atoms with van der Waals surface area (Å²) in [4.78, 5) is 42.0. The normalized spacial score (nSPS) is 13.7. The van der Waals surface area contributed by atoms with Gasteiger partial charge < -0.3 is 10.5 Å². The molecule has 2 aromatic rings. The van der Waals surface area contributed by atoms with Gasteiger partial charge in [-0.15, -0.1) is 0 Å². The number of rotatable bonds is 8. The fourth-order valence-electron chi connectivity index (χ4n) is 3.92. The van der Waals surface area contributed by atoms with Crippen LogP contribution in [0.1, 0.15) is 51.0 Å². The molecule has 0 spiro atoms. The molecular weight excluding hydrogens is 434 g/mol. The number of benzene rings is 1. The van der Waals surface area contributed by atoms with Crippen LogP contribution in [0.15, 0.2) is 27.8 Å². The molecule has 10 heteroatoms. The number of amides is 1. The highest BCUT2D eigenvalue weighted by Gasteiger charge is 2.33. The summed E-state index contributed by atoms with van der Waals surface area (Å²) in [6, 6.07) is 6.25. The van der Waals surface area contributed by atoms with Crippen molar-refractivity contribution in [2.45, 2.75) is 58.0 Å². The number of carbonyl (C=O) groups excluding carboxylic acids is 1. The Bertz CT molecular complexity index is 1140. The lowest BCUT2D eigenvalue weighted by Gasteiger charge is -2.30. The summed E-state index contributed by atoms with van der Waals surface area (Å²) in [5, 5.41) is 9.16. The third-order valence-corrected chi connectivity index (χ3v) is 5.86. The average Bonchev–Trinajstić information content (AvgIpc) is 3.29. The second kappa shape index (κ2) is 10.4. The number of hydrogen-bond acceptors (Lipinski definition) is 6. The molecule has 1 aliphatic rings. The number of unbranched alkanes of at least 4 members (excludes halogenated alkanes) is 1. The van der Waals surface area contributed by atoms with Crippen molar-refractivity contribution in [3.8, 4) is 11.8 Å².